The summed E-state index contributed by atoms with van der Waals surface area (Å²) in [5.41, 5.74) is 5.71. The van der Waals surface area contributed by atoms with Crippen LogP contribution >= 0.6 is 0 Å². The molecule has 0 aliphatic carbocycles. The third-order valence-corrected chi connectivity index (χ3v) is 13.4. The van der Waals surface area contributed by atoms with Gasteiger partial charge in [0.05, 0.1) is 11.6 Å². The number of nitrogens with zero attached hydrogens (tertiary/aromatic N) is 3. The molecule has 2 amide bonds. The Morgan fingerprint density at radius 3 is 2.52 bits per heavy atom. The van der Waals surface area contributed by atoms with Gasteiger partial charge in [0.15, 0.2) is 8.32 Å². The number of halogens is 1. The van der Waals surface area contributed by atoms with Gasteiger partial charge in [-0.15, -0.1) is 0 Å². The first kappa shape index (κ1) is 30.0. The first-order valence-corrected chi connectivity index (χ1v) is 17.1. The molecular weight excluding hydrogens is 527 g/mol. The van der Waals surface area contributed by atoms with Crippen molar-refractivity contribution in [2.45, 2.75) is 82.7 Å². The molecule has 40 heavy (non-hydrogen) atoms. The summed E-state index contributed by atoms with van der Waals surface area (Å²) in [6.07, 6.45) is 4.89. The zero-order valence-corrected chi connectivity index (χ0v) is 25.4. The molecule has 218 valence electrons. The Labute approximate surface area is 238 Å². The van der Waals surface area contributed by atoms with Gasteiger partial charge in [0.1, 0.15) is 17.2 Å². The van der Waals surface area contributed by atoms with Gasteiger partial charge in [0.25, 0.3) is 0 Å². The van der Waals surface area contributed by atoms with Gasteiger partial charge in [-0.3, -0.25) is 4.79 Å². The first-order valence-electron chi connectivity index (χ1n) is 14.2. The van der Waals surface area contributed by atoms with E-state index in [2.05, 4.69) is 43.7 Å². The van der Waals surface area contributed by atoms with E-state index >= 15 is 0 Å². The first-order chi connectivity index (χ1) is 18.8. The minimum Gasteiger partial charge on any atom is -0.438 e. The Morgan fingerprint density at radius 2 is 1.93 bits per heavy atom. The average Bonchev–Trinajstić information content (AvgIpc) is 2.91. The summed E-state index contributed by atoms with van der Waals surface area (Å²) >= 11 is 0. The topological polar surface area (TPSA) is 98.0 Å². The third-order valence-electron chi connectivity index (χ3n) is 8.83. The number of nitrogens with two attached hydrogens (primary N) is 1. The van der Waals surface area contributed by atoms with Crippen molar-refractivity contribution in [3.63, 3.8) is 0 Å². The number of hydrogen-bond acceptors (Lipinski definition) is 6. The summed E-state index contributed by atoms with van der Waals surface area (Å²) in [7, 11) is -1.89. The lowest BCUT2D eigenvalue weighted by molar-refractivity contribution is -0.0695. The molecule has 3 heterocycles. The van der Waals surface area contributed by atoms with Crippen molar-refractivity contribution in [1.29, 1.82) is 0 Å². The number of carbonyl (C=O) groups is 2. The molecule has 10 heteroatoms. The van der Waals surface area contributed by atoms with Crippen LogP contribution in [-0.4, -0.2) is 62.5 Å². The molecule has 0 spiro atoms. The van der Waals surface area contributed by atoms with Gasteiger partial charge in [-0.05, 0) is 73.6 Å². The highest BCUT2D eigenvalue weighted by Gasteiger charge is 2.45. The van der Waals surface area contributed by atoms with Crippen molar-refractivity contribution < 1.29 is 23.1 Å². The predicted molar refractivity (Wildman–Crippen MR) is 156 cm³/mol. The Hall–Kier alpha value is -2.98. The van der Waals surface area contributed by atoms with Crippen LogP contribution in [0.3, 0.4) is 0 Å². The van der Waals surface area contributed by atoms with Crippen LogP contribution in [0.5, 0.6) is 0 Å². The lowest BCUT2D eigenvalue weighted by atomic mass is 9.84. The molecule has 8 nitrogen and oxygen atoms in total. The van der Waals surface area contributed by atoms with E-state index < -0.39 is 19.8 Å². The van der Waals surface area contributed by atoms with E-state index in [1.54, 1.807) is 24.3 Å². The molecule has 2 N–H and O–H groups in total. The molecule has 0 bridgehead atoms. The molecule has 2 aliphatic rings. The number of benzene rings is 1. The normalized spacial score (nSPS) is 22.2. The lowest BCUT2D eigenvalue weighted by Gasteiger charge is -2.46. The van der Waals surface area contributed by atoms with Crippen LogP contribution in [0.1, 0.15) is 68.8 Å². The summed E-state index contributed by atoms with van der Waals surface area (Å²) in [5.74, 6) is -0.0750. The number of piperidine rings is 1. The van der Waals surface area contributed by atoms with Crippen molar-refractivity contribution in [1.82, 2.24) is 9.88 Å². The van der Waals surface area contributed by atoms with E-state index in [0.29, 0.717) is 38.1 Å². The van der Waals surface area contributed by atoms with Gasteiger partial charge in [0, 0.05) is 38.9 Å². The second-order valence-corrected chi connectivity index (χ2v) is 17.3. The molecule has 2 atom stereocenters. The smallest absolute Gasteiger partial charge is 0.410 e. The van der Waals surface area contributed by atoms with Crippen LogP contribution in [0.15, 0.2) is 42.6 Å². The SMILES string of the molecule is CC(C)(C)[Si](C)(C)OCCC[C@]1(c2ccc(F)cc2)CCN([C@H]2CCCN(c3ccc(C(N)=O)cn3)C2)C(=O)O1. The molecule has 2 saturated heterocycles. The second kappa shape index (κ2) is 11.9. The Kier molecular flexibility index (Phi) is 8.89. The quantitative estimate of drug-likeness (QED) is 0.301. The van der Waals surface area contributed by atoms with Gasteiger partial charge < -0.3 is 24.7 Å². The summed E-state index contributed by atoms with van der Waals surface area (Å²) < 4.78 is 26.5. The van der Waals surface area contributed by atoms with Crippen LogP contribution in [-0.2, 0) is 14.8 Å². The molecule has 2 fully saturated rings. The molecule has 0 unspecified atom stereocenters. The van der Waals surface area contributed by atoms with Gasteiger partial charge in [-0.25, -0.2) is 14.2 Å². The fourth-order valence-corrected chi connectivity index (χ4v) is 6.40. The molecule has 4 rings (SSSR count). The number of amides is 2. The number of ether oxygens (including phenoxy) is 1. The van der Waals surface area contributed by atoms with E-state index in [1.807, 2.05) is 4.90 Å². The van der Waals surface area contributed by atoms with Gasteiger partial charge in [-0.1, -0.05) is 32.9 Å². The van der Waals surface area contributed by atoms with Gasteiger partial charge in [-0.2, -0.15) is 0 Å². The molecule has 0 radical (unpaired) electrons. The number of carbonyl (C=O) groups excluding carboxylic acids is 2. The molecule has 1 aromatic heterocycles. The molecule has 2 aliphatic heterocycles. The molecular formula is C30H43FN4O4Si. The fraction of sp³-hybridized carbons (Fsp3) is 0.567. The average molecular weight is 571 g/mol. The zero-order valence-electron chi connectivity index (χ0n) is 24.4. The predicted octanol–water partition coefficient (Wildman–Crippen LogP) is 5.83. The van der Waals surface area contributed by atoms with E-state index in [1.165, 1.54) is 18.3 Å². The zero-order chi connectivity index (χ0) is 29.1. The van der Waals surface area contributed by atoms with Crippen LogP contribution < -0.4 is 10.6 Å². The van der Waals surface area contributed by atoms with E-state index in [0.717, 1.165) is 37.2 Å². The van der Waals surface area contributed by atoms with Crippen molar-refractivity contribution >= 4 is 26.1 Å². The number of primary amides is 1. The number of anilines is 1. The highest BCUT2D eigenvalue weighted by Crippen LogP contribution is 2.41. The van der Waals surface area contributed by atoms with Crippen LogP contribution in [0.2, 0.25) is 18.1 Å². The van der Waals surface area contributed by atoms with Crippen molar-refractivity contribution in [3.8, 4) is 0 Å². The Bertz CT molecular complexity index is 1190. The fourth-order valence-electron chi connectivity index (χ4n) is 5.32. The summed E-state index contributed by atoms with van der Waals surface area (Å²) in [5, 5.41) is 0.118. The molecule has 0 saturated carbocycles. The Morgan fingerprint density at radius 1 is 1.20 bits per heavy atom. The largest absolute Gasteiger partial charge is 0.438 e. The third kappa shape index (κ3) is 6.66. The Balaban J connectivity index is 1.45. The van der Waals surface area contributed by atoms with Gasteiger partial charge in [0.2, 0.25) is 5.91 Å². The molecule has 2 aromatic rings. The minimum absolute atomic E-state index is 0.0213. The van der Waals surface area contributed by atoms with Crippen molar-refractivity contribution in [3.05, 3.63) is 59.5 Å². The number of hydrogen-bond donors (Lipinski definition) is 1. The number of pyridine rings is 1. The molecule has 1 aromatic carbocycles. The van der Waals surface area contributed by atoms with E-state index in [9.17, 15) is 14.0 Å². The van der Waals surface area contributed by atoms with Crippen molar-refractivity contribution in [2.75, 3.05) is 31.1 Å². The lowest BCUT2D eigenvalue weighted by Crippen LogP contribution is -2.56. The monoisotopic (exact) mass is 570 g/mol. The van der Waals surface area contributed by atoms with Gasteiger partial charge >= 0.3 is 6.09 Å². The van der Waals surface area contributed by atoms with Crippen LogP contribution in [0.25, 0.3) is 0 Å². The number of rotatable bonds is 9. The number of cyclic esters (lactones) is 1. The van der Waals surface area contributed by atoms with E-state index in [-0.39, 0.29) is 23.0 Å². The highest BCUT2D eigenvalue weighted by molar-refractivity contribution is 6.74. The minimum atomic E-state index is -1.89. The maximum Gasteiger partial charge on any atom is 0.410 e. The van der Waals surface area contributed by atoms with Crippen molar-refractivity contribution in [2.24, 2.45) is 5.73 Å². The highest BCUT2D eigenvalue weighted by atomic mass is 28.4. The summed E-state index contributed by atoms with van der Waals surface area (Å²) in [6.45, 7) is 13.7. The summed E-state index contributed by atoms with van der Waals surface area (Å²) in [6, 6.07) is 9.77. The number of aromatic nitrogens is 1. The summed E-state index contributed by atoms with van der Waals surface area (Å²) in [4.78, 5) is 33.3. The van der Waals surface area contributed by atoms with E-state index in [4.69, 9.17) is 14.9 Å². The van der Waals surface area contributed by atoms with Crippen LogP contribution in [0, 0.1) is 5.82 Å². The second-order valence-electron chi connectivity index (χ2n) is 12.5. The maximum absolute atomic E-state index is 13.8. The standard InChI is InChI=1S/C30H43FN4O4Si/c1-29(2,3)40(4,5)38-19-7-15-30(23-10-12-24(31)13-11-23)16-18-35(28(37)39-30)25-8-6-17-34(21-25)26-14-9-22(20-33-26)27(32)36/h9-14,20,25H,6-8,15-19,21H2,1-5H3,(H2,32,36)/t25-,30+/m0/s1. The maximum atomic E-state index is 13.8. The van der Waals surface area contributed by atoms with Crippen LogP contribution in [0.4, 0.5) is 15.0 Å².